The van der Waals surface area contributed by atoms with Crippen LogP contribution in [0.25, 0.3) is 0 Å². The topological polar surface area (TPSA) is 52.6 Å². The van der Waals surface area contributed by atoms with E-state index in [1.807, 2.05) is 18.2 Å². The van der Waals surface area contributed by atoms with Crippen LogP contribution in [0.15, 0.2) is 24.3 Å². The minimum absolute atomic E-state index is 0.201. The third kappa shape index (κ3) is 2.44. The SMILES string of the molecule is COc1ccc2c(C=O)c1C1CCC1c1cc(cc(C=O)c1OC)CC2. The number of ether oxygens (including phenoxy) is 2. The molecule has 2 unspecified atom stereocenters. The molecule has 0 heterocycles. The smallest absolute Gasteiger partial charge is 0.153 e. The van der Waals surface area contributed by atoms with Crippen LogP contribution in [0.3, 0.4) is 0 Å². The van der Waals surface area contributed by atoms with Crippen molar-refractivity contribution in [2.45, 2.75) is 37.5 Å². The van der Waals surface area contributed by atoms with Crippen molar-refractivity contribution in [3.8, 4) is 11.5 Å². The van der Waals surface area contributed by atoms with E-state index in [2.05, 4.69) is 6.07 Å². The molecule has 2 atom stereocenters. The Hall–Kier alpha value is -2.62. The quantitative estimate of drug-likeness (QED) is 0.780. The van der Waals surface area contributed by atoms with Crippen LogP contribution in [0, 0.1) is 0 Å². The zero-order chi connectivity index (χ0) is 18.3. The van der Waals surface area contributed by atoms with E-state index >= 15 is 0 Å². The summed E-state index contributed by atoms with van der Waals surface area (Å²) in [5.74, 6) is 1.87. The van der Waals surface area contributed by atoms with Gasteiger partial charge in [-0.1, -0.05) is 12.1 Å². The Labute approximate surface area is 153 Å². The van der Waals surface area contributed by atoms with Gasteiger partial charge in [-0.25, -0.2) is 0 Å². The van der Waals surface area contributed by atoms with Crippen molar-refractivity contribution in [2.75, 3.05) is 14.2 Å². The fourth-order valence-electron chi connectivity index (χ4n) is 4.56. The molecule has 4 rings (SSSR count). The average Bonchev–Trinajstić information content (AvgIpc) is 2.64. The van der Waals surface area contributed by atoms with E-state index in [-0.39, 0.29) is 11.8 Å². The predicted molar refractivity (Wildman–Crippen MR) is 98.9 cm³/mol. The lowest BCUT2D eigenvalue weighted by atomic mass is 9.64. The number of aryl methyl sites for hydroxylation is 2. The third-order valence-corrected chi connectivity index (χ3v) is 5.94. The molecule has 4 nitrogen and oxygen atoms in total. The Morgan fingerprint density at radius 1 is 0.962 bits per heavy atom. The maximum atomic E-state index is 11.9. The molecule has 0 saturated heterocycles. The molecule has 134 valence electrons. The molecule has 0 aliphatic heterocycles. The highest BCUT2D eigenvalue weighted by Gasteiger charge is 2.39. The Kier molecular flexibility index (Phi) is 4.27. The van der Waals surface area contributed by atoms with Gasteiger partial charge in [-0.05, 0) is 66.3 Å². The van der Waals surface area contributed by atoms with E-state index in [1.54, 1.807) is 14.2 Å². The number of methoxy groups -OCH3 is 2. The third-order valence-electron chi connectivity index (χ3n) is 5.94. The van der Waals surface area contributed by atoms with Crippen LogP contribution in [0.4, 0.5) is 0 Å². The van der Waals surface area contributed by atoms with E-state index in [0.717, 1.165) is 71.8 Å². The largest absolute Gasteiger partial charge is 0.496 e. The Morgan fingerprint density at radius 3 is 2.38 bits per heavy atom. The molecular weight excluding hydrogens is 328 g/mol. The number of carbonyl (C=O) groups excluding carboxylic acids is 2. The Morgan fingerprint density at radius 2 is 1.77 bits per heavy atom. The van der Waals surface area contributed by atoms with Crippen LogP contribution in [0.2, 0.25) is 0 Å². The lowest BCUT2D eigenvalue weighted by Crippen LogP contribution is -2.25. The first-order chi connectivity index (χ1) is 12.7. The molecule has 1 saturated carbocycles. The summed E-state index contributed by atoms with van der Waals surface area (Å²) in [6.45, 7) is 0. The summed E-state index contributed by atoms with van der Waals surface area (Å²) in [6.07, 6.45) is 5.40. The lowest BCUT2D eigenvalue weighted by molar-refractivity contribution is 0.111. The lowest BCUT2D eigenvalue weighted by Gasteiger charge is -2.40. The molecule has 2 aliphatic rings. The molecule has 2 aliphatic carbocycles. The van der Waals surface area contributed by atoms with Gasteiger partial charge in [0.2, 0.25) is 0 Å². The molecule has 1 fully saturated rings. The fraction of sp³-hybridized carbons (Fsp3) is 0.364. The van der Waals surface area contributed by atoms with Crippen molar-refractivity contribution >= 4 is 12.6 Å². The van der Waals surface area contributed by atoms with Crippen molar-refractivity contribution in [1.29, 1.82) is 0 Å². The molecular formula is C22H22O4. The van der Waals surface area contributed by atoms with Crippen LogP contribution in [-0.2, 0) is 12.8 Å². The van der Waals surface area contributed by atoms with Crippen LogP contribution >= 0.6 is 0 Å². The highest BCUT2D eigenvalue weighted by atomic mass is 16.5. The molecule has 0 N–H and O–H groups in total. The zero-order valence-electron chi connectivity index (χ0n) is 15.1. The van der Waals surface area contributed by atoms with Crippen molar-refractivity contribution in [1.82, 2.24) is 0 Å². The van der Waals surface area contributed by atoms with Crippen molar-refractivity contribution in [2.24, 2.45) is 0 Å². The van der Waals surface area contributed by atoms with Gasteiger partial charge in [-0.15, -0.1) is 0 Å². The average molecular weight is 350 g/mol. The van der Waals surface area contributed by atoms with Gasteiger partial charge in [0, 0.05) is 11.1 Å². The second-order valence-corrected chi connectivity index (χ2v) is 7.09. The maximum Gasteiger partial charge on any atom is 0.153 e. The van der Waals surface area contributed by atoms with Crippen molar-refractivity contribution in [3.05, 3.63) is 57.6 Å². The summed E-state index contributed by atoms with van der Waals surface area (Å²) in [6, 6.07) is 8.07. The second-order valence-electron chi connectivity index (χ2n) is 7.09. The minimum atomic E-state index is 0.201. The highest BCUT2D eigenvalue weighted by Crippen LogP contribution is 2.55. The fourth-order valence-corrected chi connectivity index (χ4v) is 4.56. The van der Waals surface area contributed by atoms with Crippen molar-refractivity contribution < 1.29 is 19.1 Å². The first-order valence-corrected chi connectivity index (χ1v) is 9.02. The number of hydrogen-bond donors (Lipinski definition) is 0. The monoisotopic (exact) mass is 350 g/mol. The number of fused-ring (bicyclic) bond motifs is 7. The molecule has 0 spiro atoms. The second kappa shape index (κ2) is 6.60. The highest BCUT2D eigenvalue weighted by molar-refractivity contribution is 5.83. The van der Waals surface area contributed by atoms with E-state index in [0.29, 0.717) is 11.3 Å². The van der Waals surface area contributed by atoms with Gasteiger partial charge in [0.1, 0.15) is 11.5 Å². The zero-order valence-corrected chi connectivity index (χ0v) is 15.1. The van der Waals surface area contributed by atoms with E-state index in [1.165, 1.54) is 0 Å². The van der Waals surface area contributed by atoms with E-state index < -0.39 is 0 Å². The predicted octanol–water partition coefficient (Wildman–Crippen LogP) is 4.09. The first-order valence-electron chi connectivity index (χ1n) is 9.02. The van der Waals surface area contributed by atoms with E-state index in [4.69, 9.17) is 9.47 Å². The van der Waals surface area contributed by atoms with Gasteiger partial charge in [0.05, 0.1) is 19.8 Å². The normalized spacial score (nSPS) is 20.4. The summed E-state index contributed by atoms with van der Waals surface area (Å²) >= 11 is 0. The number of benzene rings is 2. The van der Waals surface area contributed by atoms with Crippen LogP contribution < -0.4 is 9.47 Å². The molecule has 4 bridgehead atoms. The summed E-state index contributed by atoms with van der Waals surface area (Å²) in [5.41, 5.74) is 5.64. The number of hydrogen-bond acceptors (Lipinski definition) is 4. The van der Waals surface area contributed by atoms with Crippen LogP contribution in [0.1, 0.15) is 67.6 Å². The molecule has 0 amide bonds. The number of rotatable bonds is 4. The summed E-state index contributed by atoms with van der Waals surface area (Å²) in [5, 5.41) is 0. The summed E-state index contributed by atoms with van der Waals surface area (Å²) in [4.78, 5) is 23.6. The molecule has 0 radical (unpaired) electrons. The summed E-state index contributed by atoms with van der Waals surface area (Å²) in [7, 11) is 3.27. The van der Waals surface area contributed by atoms with Crippen molar-refractivity contribution in [3.63, 3.8) is 0 Å². The minimum Gasteiger partial charge on any atom is -0.496 e. The molecule has 2 aromatic rings. The standard InChI is InChI=1S/C22H22O4/c1-25-20-8-5-14-4-3-13-9-15(11-23)22(26-2)18(10-13)16-6-7-17(16)21(20)19(14)12-24/h5,8-12,16-17H,3-4,6-7H2,1-2H3. The van der Waals surface area contributed by atoms with Gasteiger partial charge in [0.25, 0.3) is 0 Å². The van der Waals surface area contributed by atoms with Gasteiger partial charge >= 0.3 is 0 Å². The number of aldehydes is 2. The molecule has 2 aromatic carbocycles. The van der Waals surface area contributed by atoms with E-state index in [9.17, 15) is 9.59 Å². The number of carbonyl (C=O) groups is 2. The van der Waals surface area contributed by atoms with Gasteiger partial charge in [-0.2, -0.15) is 0 Å². The Balaban J connectivity index is 1.95. The molecule has 26 heavy (non-hydrogen) atoms. The van der Waals surface area contributed by atoms with Gasteiger partial charge in [-0.3, -0.25) is 9.59 Å². The van der Waals surface area contributed by atoms with Gasteiger partial charge in [0.15, 0.2) is 12.6 Å². The Bertz CT molecular complexity index is 884. The first kappa shape index (κ1) is 16.8. The molecule has 4 heteroatoms. The van der Waals surface area contributed by atoms with Crippen LogP contribution in [0.5, 0.6) is 11.5 Å². The summed E-state index contributed by atoms with van der Waals surface area (Å²) < 4.78 is 11.2. The maximum absolute atomic E-state index is 11.9. The molecule has 0 aromatic heterocycles. The van der Waals surface area contributed by atoms with Gasteiger partial charge < -0.3 is 9.47 Å². The van der Waals surface area contributed by atoms with Crippen LogP contribution in [-0.4, -0.2) is 26.8 Å².